The van der Waals surface area contributed by atoms with E-state index in [9.17, 15) is 0 Å². The van der Waals surface area contributed by atoms with Crippen molar-refractivity contribution in [2.45, 2.75) is 6.92 Å². The van der Waals surface area contributed by atoms with E-state index in [1.165, 1.54) is 0 Å². The summed E-state index contributed by atoms with van der Waals surface area (Å²) < 4.78 is 10.6. The Bertz CT molecular complexity index is 274. The van der Waals surface area contributed by atoms with Crippen molar-refractivity contribution in [2.75, 3.05) is 20.3 Å². The summed E-state index contributed by atoms with van der Waals surface area (Å²) in [6, 6.07) is 5.72. The van der Waals surface area contributed by atoms with Crippen LogP contribution in [0.25, 0.3) is 0 Å². The molecular formula is C10H15NO2. The van der Waals surface area contributed by atoms with E-state index in [0.29, 0.717) is 13.2 Å². The third-order valence-corrected chi connectivity index (χ3v) is 1.83. The van der Waals surface area contributed by atoms with E-state index in [1.807, 2.05) is 25.1 Å². The quantitative estimate of drug-likeness (QED) is 0.762. The number of rotatable bonds is 4. The number of methoxy groups -OCH3 is 1. The summed E-state index contributed by atoms with van der Waals surface area (Å²) in [6.07, 6.45) is 0. The lowest BCUT2D eigenvalue weighted by molar-refractivity contribution is 0.322. The molecule has 0 bridgehead atoms. The largest absolute Gasteiger partial charge is 0.496 e. The van der Waals surface area contributed by atoms with Crippen LogP contribution in [-0.4, -0.2) is 20.3 Å². The average Bonchev–Trinajstić information content (AvgIpc) is 2.16. The fourth-order valence-electron chi connectivity index (χ4n) is 1.14. The van der Waals surface area contributed by atoms with Crippen LogP contribution < -0.4 is 15.2 Å². The van der Waals surface area contributed by atoms with Crippen molar-refractivity contribution in [1.29, 1.82) is 0 Å². The molecule has 1 aromatic carbocycles. The molecule has 3 heteroatoms. The van der Waals surface area contributed by atoms with Crippen LogP contribution in [0.1, 0.15) is 5.56 Å². The summed E-state index contributed by atoms with van der Waals surface area (Å²) in [5.41, 5.74) is 6.35. The van der Waals surface area contributed by atoms with Gasteiger partial charge in [-0.1, -0.05) is 6.07 Å². The molecule has 0 radical (unpaired) electrons. The van der Waals surface area contributed by atoms with Gasteiger partial charge in [0.15, 0.2) is 0 Å². The zero-order valence-corrected chi connectivity index (χ0v) is 8.04. The summed E-state index contributed by atoms with van der Waals surface area (Å²) in [6.45, 7) is 3.02. The van der Waals surface area contributed by atoms with Gasteiger partial charge in [0.1, 0.15) is 18.1 Å². The molecule has 0 amide bonds. The topological polar surface area (TPSA) is 44.5 Å². The molecule has 0 spiro atoms. The van der Waals surface area contributed by atoms with Crippen LogP contribution in [0.4, 0.5) is 0 Å². The lowest BCUT2D eigenvalue weighted by Crippen LogP contribution is -2.11. The predicted octanol–water partition coefficient (Wildman–Crippen LogP) is 1.34. The summed E-state index contributed by atoms with van der Waals surface area (Å²) in [7, 11) is 1.65. The van der Waals surface area contributed by atoms with Gasteiger partial charge in [-0.25, -0.2) is 0 Å². The molecule has 13 heavy (non-hydrogen) atoms. The van der Waals surface area contributed by atoms with Gasteiger partial charge in [-0.3, -0.25) is 0 Å². The molecule has 1 aromatic rings. The second-order valence-corrected chi connectivity index (χ2v) is 2.72. The monoisotopic (exact) mass is 181 g/mol. The van der Waals surface area contributed by atoms with Crippen LogP contribution >= 0.6 is 0 Å². The second kappa shape index (κ2) is 4.72. The highest BCUT2D eigenvalue weighted by molar-refractivity contribution is 5.43. The van der Waals surface area contributed by atoms with Gasteiger partial charge in [-0.05, 0) is 19.1 Å². The van der Waals surface area contributed by atoms with E-state index in [2.05, 4.69) is 0 Å². The van der Waals surface area contributed by atoms with E-state index in [-0.39, 0.29) is 0 Å². The van der Waals surface area contributed by atoms with Crippen molar-refractivity contribution in [2.24, 2.45) is 5.73 Å². The standard InChI is InChI=1S/C10H15NO2/c1-8-9(12-2)4-3-5-10(8)13-7-6-11/h3-5H,6-7,11H2,1-2H3. The Morgan fingerprint density at radius 3 is 2.62 bits per heavy atom. The maximum Gasteiger partial charge on any atom is 0.125 e. The molecule has 0 saturated carbocycles. The highest BCUT2D eigenvalue weighted by Gasteiger charge is 2.03. The number of benzene rings is 1. The minimum absolute atomic E-state index is 0.524. The van der Waals surface area contributed by atoms with Gasteiger partial charge >= 0.3 is 0 Å². The maximum absolute atomic E-state index is 5.42. The maximum atomic E-state index is 5.42. The van der Waals surface area contributed by atoms with Gasteiger partial charge in [0.05, 0.1) is 7.11 Å². The van der Waals surface area contributed by atoms with E-state index in [1.54, 1.807) is 7.11 Å². The molecule has 0 aliphatic carbocycles. The summed E-state index contributed by atoms with van der Waals surface area (Å²) in [5.74, 6) is 1.68. The minimum atomic E-state index is 0.524. The Kier molecular flexibility index (Phi) is 3.58. The molecule has 0 fully saturated rings. The molecule has 0 unspecified atom stereocenters. The van der Waals surface area contributed by atoms with Gasteiger partial charge in [0.2, 0.25) is 0 Å². The normalized spacial score (nSPS) is 9.77. The fraction of sp³-hybridized carbons (Fsp3) is 0.400. The van der Waals surface area contributed by atoms with Crippen molar-refractivity contribution in [3.63, 3.8) is 0 Å². The first-order valence-electron chi connectivity index (χ1n) is 4.26. The van der Waals surface area contributed by atoms with Crippen LogP contribution in [0.2, 0.25) is 0 Å². The third-order valence-electron chi connectivity index (χ3n) is 1.83. The Balaban J connectivity index is 2.81. The van der Waals surface area contributed by atoms with Crippen molar-refractivity contribution in [1.82, 2.24) is 0 Å². The zero-order chi connectivity index (χ0) is 9.68. The van der Waals surface area contributed by atoms with Gasteiger partial charge in [0.25, 0.3) is 0 Å². The van der Waals surface area contributed by atoms with Gasteiger partial charge < -0.3 is 15.2 Å². The molecule has 0 saturated heterocycles. The van der Waals surface area contributed by atoms with Crippen molar-refractivity contribution >= 4 is 0 Å². The molecule has 0 aliphatic rings. The van der Waals surface area contributed by atoms with E-state index in [4.69, 9.17) is 15.2 Å². The molecule has 72 valence electrons. The first-order chi connectivity index (χ1) is 6.29. The Morgan fingerprint density at radius 1 is 1.31 bits per heavy atom. The molecule has 0 heterocycles. The van der Waals surface area contributed by atoms with Gasteiger partial charge in [0, 0.05) is 12.1 Å². The van der Waals surface area contributed by atoms with Gasteiger partial charge in [-0.2, -0.15) is 0 Å². The average molecular weight is 181 g/mol. The number of ether oxygens (including phenoxy) is 2. The second-order valence-electron chi connectivity index (χ2n) is 2.72. The zero-order valence-electron chi connectivity index (χ0n) is 8.04. The van der Waals surface area contributed by atoms with Gasteiger partial charge in [-0.15, -0.1) is 0 Å². The SMILES string of the molecule is COc1cccc(OCCN)c1C. The molecule has 3 nitrogen and oxygen atoms in total. The first-order valence-corrected chi connectivity index (χ1v) is 4.26. The smallest absolute Gasteiger partial charge is 0.125 e. The Labute approximate surface area is 78.5 Å². The van der Waals surface area contributed by atoms with Crippen molar-refractivity contribution in [3.8, 4) is 11.5 Å². The molecule has 2 N–H and O–H groups in total. The third kappa shape index (κ3) is 2.36. The van der Waals surface area contributed by atoms with E-state index < -0.39 is 0 Å². The Morgan fingerprint density at radius 2 is 2.00 bits per heavy atom. The molecule has 0 aliphatic heterocycles. The van der Waals surface area contributed by atoms with Crippen molar-refractivity contribution < 1.29 is 9.47 Å². The van der Waals surface area contributed by atoms with Crippen molar-refractivity contribution in [3.05, 3.63) is 23.8 Å². The number of nitrogens with two attached hydrogens (primary N) is 1. The molecule has 0 atom stereocenters. The van der Waals surface area contributed by atoms with Crippen LogP contribution in [0, 0.1) is 6.92 Å². The lowest BCUT2D eigenvalue weighted by atomic mass is 10.2. The van der Waals surface area contributed by atoms with Crippen LogP contribution in [0.5, 0.6) is 11.5 Å². The molecular weight excluding hydrogens is 166 g/mol. The summed E-state index contributed by atoms with van der Waals surface area (Å²) in [4.78, 5) is 0. The molecule has 1 rings (SSSR count). The van der Waals surface area contributed by atoms with Crippen LogP contribution in [-0.2, 0) is 0 Å². The molecule has 0 aromatic heterocycles. The summed E-state index contributed by atoms with van der Waals surface area (Å²) >= 11 is 0. The highest BCUT2D eigenvalue weighted by atomic mass is 16.5. The highest BCUT2D eigenvalue weighted by Crippen LogP contribution is 2.26. The first kappa shape index (κ1) is 9.86. The number of hydrogen-bond acceptors (Lipinski definition) is 3. The van der Waals surface area contributed by atoms with E-state index >= 15 is 0 Å². The lowest BCUT2D eigenvalue weighted by Gasteiger charge is -2.10. The summed E-state index contributed by atoms with van der Waals surface area (Å²) in [5, 5.41) is 0. The van der Waals surface area contributed by atoms with Crippen LogP contribution in [0.15, 0.2) is 18.2 Å². The number of hydrogen-bond donors (Lipinski definition) is 1. The van der Waals surface area contributed by atoms with Crippen LogP contribution in [0.3, 0.4) is 0 Å². The predicted molar refractivity (Wildman–Crippen MR) is 52.3 cm³/mol. The fourth-order valence-corrected chi connectivity index (χ4v) is 1.14. The Hall–Kier alpha value is -1.22. The van der Waals surface area contributed by atoms with E-state index in [0.717, 1.165) is 17.1 Å². The minimum Gasteiger partial charge on any atom is -0.496 e.